The van der Waals surface area contributed by atoms with Crippen molar-refractivity contribution in [2.45, 2.75) is 11.4 Å². The van der Waals surface area contributed by atoms with Gasteiger partial charge in [-0.2, -0.15) is 0 Å². The van der Waals surface area contributed by atoms with E-state index in [0.29, 0.717) is 22.0 Å². The van der Waals surface area contributed by atoms with Crippen LogP contribution in [0, 0.1) is 0 Å². The first-order valence-corrected chi connectivity index (χ1v) is 7.92. The Morgan fingerprint density at radius 3 is 2.56 bits per heavy atom. The molecule has 0 amide bonds. The average molecular weight is 291 g/mol. The Labute approximate surface area is 114 Å². The zero-order chi connectivity index (χ0) is 13.8. The molecular weight excluding hydrogens is 272 g/mol. The highest BCUT2D eigenvalue weighted by molar-refractivity contribution is 7.90. The molecule has 0 saturated heterocycles. The molecule has 1 aromatic rings. The number of hydrogen-bond donors (Lipinski definition) is 1. The van der Waals surface area contributed by atoms with Gasteiger partial charge in [0.25, 0.3) is 0 Å². The Balaban J connectivity index is 2.81. The number of likely N-dealkylation sites (N-methyl/N-ethyl adjacent to an activating group) is 1. The fourth-order valence-electron chi connectivity index (χ4n) is 1.57. The molecule has 6 heteroatoms. The summed E-state index contributed by atoms with van der Waals surface area (Å²) in [5.74, 6) is 0. The zero-order valence-corrected chi connectivity index (χ0v) is 12.5. The first-order chi connectivity index (χ1) is 8.32. The van der Waals surface area contributed by atoms with Crippen LogP contribution in [-0.2, 0) is 16.4 Å². The minimum atomic E-state index is -3.24. The van der Waals surface area contributed by atoms with Crippen LogP contribution in [0.4, 0.5) is 0 Å². The third-order valence-corrected chi connectivity index (χ3v) is 4.05. The lowest BCUT2D eigenvalue weighted by Crippen LogP contribution is -2.26. The molecule has 0 saturated carbocycles. The van der Waals surface area contributed by atoms with Gasteiger partial charge in [-0.25, -0.2) is 8.42 Å². The second kappa shape index (κ2) is 6.52. The van der Waals surface area contributed by atoms with Crippen LogP contribution >= 0.6 is 11.6 Å². The number of hydrogen-bond acceptors (Lipinski definition) is 4. The maximum absolute atomic E-state index is 11.7. The third kappa shape index (κ3) is 4.57. The largest absolute Gasteiger partial charge is 0.311 e. The van der Waals surface area contributed by atoms with Crippen molar-refractivity contribution in [3.8, 4) is 0 Å². The van der Waals surface area contributed by atoms with E-state index >= 15 is 0 Å². The molecule has 0 aliphatic heterocycles. The van der Waals surface area contributed by atoms with Gasteiger partial charge in [0.2, 0.25) is 0 Å². The van der Waals surface area contributed by atoms with Crippen LogP contribution in [-0.4, -0.2) is 46.8 Å². The highest BCUT2D eigenvalue weighted by Crippen LogP contribution is 2.23. The average Bonchev–Trinajstić information content (AvgIpc) is 2.24. The van der Waals surface area contributed by atoms with E-state index in [1.165, 1.54) is 6.26 Å². The monoisotopic (exact) mass is 290 g/mol. The molecule has 1 rings (SSSR count). The van der Waals surface area contributed by atoms with E-state index in [1.54, 1.807) is 18.2 Å². The normalized spacial score (nSPS) is 12.1. The smallest absolute Gasteiger partial charge is 0.175 e. The highest BCUT2D eigenvalue weighted by Gasteiger charge is 2.15. The molecule has 0 aliphatic carbocycles. The molecule has 0 heterocycles. The van der Waals surface area contributed by atoms with Crippen molar-refractivity contribution in [2.24, 2.45) is 0 Å². The van der Waals surface area contributed by atoms with Crippen LogP contribution in [0.1, 0.15) is 5.56 Å². The van der Waals surface area contributed by atoms with Gasteiger partial charge in [-0.3, -0.25) is 0 Å². The number of nitrogens with zero attached hydrogens (tertiary/aromatic N) is 1. The number of nitrogens with one attached hydrogen (secondary N) is 1. The van der Waals surface area contributed by atoms with Gasteiger partial charge in [0.15, 0.2) is 9.84 Å². The molecule has 0 bridgehead atoms. The molecule has 1 aromatic carbocycles. The fourth-order valence-corrected chi connectivity index (χ4v) is 2.83. The van der Waals surface area contributed by atoms with Crippen LogP contribution in [0.3, 0.4) is 0 Å². The maximum atomic E-state index is 11.7. The summed E-state index contributed by atoms with van der Waals surface area (Å²) in [6.45, 7) is 2.12. The predicted molar refractivity (Wildman–Crippen MR) is 74.8 cm³/mol. The second-order valence-corrected chi connectivity index (χ2v) is 6.86. The van der Waals surface area contributed by atoms with E-state index in [0.717, 1.165) is 13.1 Å². The van der Waals surface area contributed by atoms with E-state index in [1.807, 2.05) is 14.1 Å². The lowest BCUT2D eigenvalue weighted by molar-refractivity contribution is 0.399. The maximum Gasteiger partial charge on any atom is 0.175 e. The van der Waals surface area contributed by atoms with Gasteiger partial charge in [-0.15, -0.1) is 0 Å². The Bertz CT molecular complexity index is 501. The van der Waals surface area contributed by atoms with Gasteiger partial charge < -0.3 is 10.2 Å². The zero-order valence-electron chi connectivity index (χ0n) is 10.9. The van der Waals surface area contributed by atoms with E-state index < -0.39 is 9.84 Å². The van der Waals surface area contributed by atoms with E-state index in [2.05, 4.69) is 10.2 Å². The molecule has 4 nitrogen and oxygen atoms in total. The van der Waals surface area contributed by atoms with Gasteiger partial charge in [0.05, 0.1) is 4.90 Å². The van der Waals surface area contributed by atoms with Crippen molar-refractivity contribution >= 4 is 21.4 Å². The minimum absolute atomic E-state index is 0.298. The quantitative estimate of drug-likeness (QED) is 0.805. The summed E-state index contributed by atoms with van der Waals surface area (Å²) in [4.78, 5) is 2.35. The van der Waals surface area contributed by atoms with Gasteiger partial charge in [0.1, 0.15) is 0 Å². The summed E-state index contributed by atoms with van der Waals surface area (Å²) in [7, 11) is 0.726. The molecule has 1 N–H and O–H groups in total. The van der Waals surface area contributed by atoms with Gasteiger partial charge in [-0.05, 0) is 26.2 Å². The fraction of sp³-hybridized carbons (Fsp3) is 0.500. The molecule has 0 aliphatic rings. The van der Waals surface area contributed by atoms with Crippen molar-refractivity contribution in [3.05, 3.63) is 28.8 Å². The number of rotatable bonds is 6. The Kier molecular flexibility index (Phi) is 5.59. The highest BCUT2D eigenvalue weighted by atomic mass is 35.5. The molecule has 18 heavy (non-hydrogen) atoms. The molecule has 0 unspecified atom stereocenters. The van der Waals surface area contributed by atoms with Crippen molar-refractivity contribution in [1.29, 1.82) is 0 Å². The van der Waals surface area contributed by atoms with E-state index in [4.69, 9.17) is 11.6 Å². The molecule has 0 atom stereocenters. The topological polar surface area (TPSA) is 49.4 Å². The van der Waals surface area contributed by atoms with Crippen molar-refractivity contribution < 1.29 is 8.42 Å². The Morgan fingerprint density at radius 2 is 2.00 bits per heavy atom. The minimum Gasteiger partial charge on any atom is -0.311 e. The lowest BCUT2D eigenvalue weighted by Gasteiger charge is -2.13. The van der Waals surface area contributed by atoms with Crippen LogP contribution in [0.15, 0.2) is 23.1 Å². The standard InChI is InChI=1S/C12H19ClN2O2S/c1-15(2)8-7-14-9-10-11(13)5-4-6-12(10)18(3,16)17/h4-6,14H,7-9H2,1-3H3. The van der Waals surface area contributed by atoms with Crippen LogP contribution in [0.25, 0.3) is 0 Å². The van der Waals surface area contributed by atoms with Crippen LogP contribution in [0.5, 0.6) is 0 Å². The molecule has 0 spiro atoms. The molecule has 0 fully saturated rings. The van der Waals surface area contributed by atoms with Crippen molar-refractivity contribution in [3.63, 3.8) is 0 Å². The SMILES string of the molecule is CN(C)CCNCc1c(Cl)cccc1S(C)(=O)=O. The summed E-state index contributed by atoms with van der Waals surface area (Å²) in [5.41, 5.74) is 0.639. The molecule has 0 aromatic heterocycles. The molecule has 102 valence electrons. The number of sulfone groups is 1. The Morgan fingerprint density at radius 1 is 1.33 bits per heavy atom. The first-order valence-electron chi connectivity index (χ1n) is 5.65. The van der Waals surface area contributed by atoms with Crippen LogP contribution in [0.2, 0.25) is 5.02 Å². The summed E-state index contributed by atoms with van der Waals surface area (Å²) in [6, 6.07) is 4.95. The van der Waals surface area contributed by atoms with Gasteiger partial charge in [-0.1, -0.05) is 17.7 Å². The van der Waals surface area contributed by atoms with E-state index in [9.17, 15) is 8.42 Å². The molecule has 0 radical (unpaired) electrons. The molecular formula is C12H19ClN2O2S. The van der Waals surface area contributed by atoms with E-state index in [-0.39, 0.29) is 0 Å². The van der Waals surface area contributed by atoms with Gasteiger partial charge in [0, 0.05) is 36.5 Å². The summed E-state index contributed by atoms with van der Waals surface area (Å²) in [5, 5.41) is 3.68. The van der Waals surface area contributed by atoms with Crippen LogP contribution < -0.4 is 5.32 Å². The Hall–Kier alpha value is -0.620. The third-order valence-electron chi connectivity index (χ3n) is 2.51. The summed E-state index contributed by atoms with van der Waals surface area (Å²) in [6.07, 6.45) is 1.20. The first kappa shape index (κ1) is 15.4. The summed E-state index contributed by atoms with van der Waals surface area (Å²) < 4.78 is 23.3. The van der Waals surface area contributed by atoms with Crippen molar-refractivity contribution in [2.75, 3.05) is 33.4 Å². The number of benzene rings is 1. The van der Waals surface area contributed by atoms with Crippen molar-refractivity contribution in [1.82, 2.24) is 10.2 Å². The number of halogens is 1. The van der Waals surface area contributed by atoms with Gasteiger partial charge >= 0.3 is 0 Å². The lowest BCUT2D eigenvalue weighted by atomic mass is 10.2. The summed E-state index contributed by atoms with van der Waals surface area (Å²) >= 11 is 6.06. The second-order valence-electron chi connectivity index (χ2n) is 4.47. The predicted octanol–water partition coefficient (Wildman–Crippen LogP) is 1.39.